The van der Waals surface area contributed by atoms with Crippen molar-refractivity contribution in [3.63, 3.8) is 0 Å². The van der Waals surface area contributed by atoms with Crippen molar-refractivity contribution in [1.82, 2.24) is 3.97 Å². The summed E-state index contributed by atoms with van der Waals surface area (Å²) in [4.78, 5) is 12.7. The van der Waals surface area contributed by atoms with Crippen LogP contribution in [0.4, 0.5) is 0 Å². The van der Waals surface area contributed by atoms with Crippen molar-refractivity contribution in [3.8, 4) is 28.5 Å². The molecular formula is C30H21ClN2O4S2. The highest BCUT2D eigenvalue weighted by atomic mass is 35.5. The molecule has 3 aromatic carbocycles. The van der Waals surface area contributed by atoms with E-state index >= 15 is 0 Å². The minimum absolute atomic E-state index is 0.00219. The average Bonchev–Trinajstić information content (AvgIpc) is 3.48. The molecular weight excluding hydrogens is 552 g/mol. The molecule has 194 valence electrons. The van der Waals surface area contributed by atoms with Crippen LogP contribution in [0.5, 0.6) is 0 Å². The number of ether oxygens (including phenoxy) is 1. The maximum Gasteiger partial charge on any atom is 0.309 e. The maximum absolute atomic E-state index is 14.3. The van der Waals surface area contributed by atoms with Gasteiger partial charge in [-0.25, -0.2) is 12.4 Å². The Hall–Kier alpha value is -3.90. The van der Waals surface area contributed by atoms with E-state index in [0.29, 0.717) is 49.6 Å². The number of fused-ring (bicyclic) bond motifs is 1. The van der Waals surface area contributed by atoms with Crippen molar-refractivity contribution in [2.75, 3.05) is 7.11 Å². The summed E-state index contributed by atoms with van der Waals surface area (Å²) in [5.74, 6) is -0.458. The molecule has 2 atom stereocenters. The second kappa shape index (κ2) is 9.69. The standard InChI is InChI=1S/C30H21ClN2O4S2/c1-37-30(34)25-16-24(25)18-5-4-6-19(15-18)29-28(23-13-14-38-27(23)17-32)22-7-2-3-8-26(22)33(29)39(35,36)21-11-9-20(31)10-12-21/h2-15,24-25H,16H2,1H3. The van der Waals surface area contributed by atoms with Gasteiger partial charge in [0.2, 0.25) is 0 Å². The number of carbonyl (C=O) groups excluding carboxylic acids is 1. The Morgan fingerprint density at radius 2 is 1.85 bits per heavy atom. The summed E-state index contributed by atoms with van der Waals surface area (Å²) in [6.45, 7) is 0. The fourth-order valence-corrected chi connectivity index (χ4v) is 7.55. The number of nitriles is 1. The van der Waals surface area contributed by atoms with Crippen LogP contribution in [0.1, 0.15) is 22.8 Å². The predicted octanol–water partition coefficient (Wildman–Crippen LogP) is 7.08. The summed E-state index contributed by atoms with van der Waals surface area (Å²) in [5.41, 5.74) is 3.89. The molecule has 2 unspecified atom stereocenters. The largest absolute Gasteiger partial charge is 0.469 e. The zero-order chi connectivity index (χ0) is 27.3. The first kappa shape index (κ1) is 25.4. The highest BCUT2D eigenvalue weighted by Gasteiger charge is 2.45. The minimum Gasteiger partial charge on any atom is -0.469 e. The molecule has 1 aliphatic rings. The lowest BCUT2D eigenvalue weighted by atomic mass is 9.97. The maximum atomic E-state index is 14.3. The van der Waals surface area contributed by atoms with Crippen LogP contribution >= 0.6 is 22.9 Å². The third-order valence-electron chi connectivity index (χ3n) is 7.10. The number of hydrogen-bond donors (Lipinski definition) is 0. The zero-order valence-corrected chi connectivity index (χ0v) is 23.1. The van der Waals surface area contributed by atoms with Gasteiger partial charge in [-0.2, -0.15) is 5.26 Å². The van der Waals surface area contributed by atoms with Crippen LogP contribution < -0.4 is 0 Å². The lowest BCUT2D eigenvalue weighted by Crippen LogP contribution is -2.14. The highest BCUT2D eigenvalue weighted by Crippen LogP contribution is 2.50. The van der Waals surface area contributed by atoms with Gasteiger partial charge in [-0.3, -0.25) is 4.79 Å². The van der Waals surface area contributed by atoms with Gasteiger partial charge < -0.3 is 4.74 Å². The summed E-state index contributed by atoms with van der Waals surface area (Å²) < 4.78 is 34.9. The summed E-state index contributed by atoms with van der Waals surface area (Å²) in [6, 6.07) is 25.1. The normalized spacial score (nSPS) is 16.6. The monoisotopic (exact) mass is 572 g/mol. The first-order valence-electron chi connectivity index (χ1n) is 12.2. The summed E-state index contributed by atoms with van der Waals surface area (Å²) in [6.07, 6.45) is 0.679. The molecule has 9 heteroatoms. The predicted molar refractivity (Wildman–Crippen MR) is 152 cm³/mol. The third-order valence-corrected chi connectivity index (χ3v) is 9.90. The van der Waals surface area contributed by atoms with Gasteiger partial charge in [-0.1, -0.05) is 48.0 Å². The van der Waals surface area contributed by atoms with E-state index in [1.165, 1.54) is 34.6 Å². The number of methoxy groups -OCH3 is 1. The molecule has 1 fully saturated rings. The van der Waals surface area contributed by atoms with E-state index in [0.717, 1.165) is 5.56 Å². The van der Waals surface area contributed by atoms with Crippen LogP contribution in [0.2, 0.25) is 5.02 Å². The molecule has 6 rings (SSSR count). The summed E-state index contributed by atoms with van der Waals surface area (Å²) in [5, 5.41) is 12.9. The lowest BCUT2D eigenvalue weighted by molar-refractivity contribution is -0.142. The van der Waals surface area contributed by atoms with Gasteiger partial charge in [0.1, 0.15) is 10.9 Å². The van der Waals surface area contributed by atoms with Gasteiger partial charge in [0.25, 0.3) is 10.0 Å². The average molecular weight is 573 g/mol. The highest BCUT2D eigenvalue weighted by molar-refractivity contribution is 7.90. The number of hydrogen-bond acceptors (Lipinski definition) is 6. The Labute approximate surface area is 234 Å². The molecule has 0 saturated heterocycles. The van der Waals surface area contributed by atoms with Gasteiger partial charge in [0, 0.05) is 27.1 Å². The van der Waals surface area contributed by atoms with Crippen molar-refractivity contribution in [3.05, 3.63) is 99.7 Å². The second-order valence-electron chi connectivity index (χ2n) is 9.34. The molecule has 39 heavy (non-hydrogen) atoms. The molecule has 0 spiro atoms. The van der Waals surface area contributed by atoms with Crippen LogP contribution in [-0.2, 0) is 19.6 Å². The number of halogens is 1. The van der Waals surface area contributed by atoms with Gasteiger partial charge >= 0.3 is 5.97 Å². The Morgan fingerprint density at radius 3 is 2.59 bits per heavy atom. The third kappa shape index (κ3) is 4.23. The van der Waals surface area contributed by atoms with Crippen molar-refractivity contribution in [2.45, 2.75) is 17.2 Å². The molecule has 6 nitrogen and oxygen atoms in total. The Kier molecular flexibility index (Phi) is 6.31. The molecule has 0 bridgehead atoms. The van der Waals surface area contributed by atoms with E-state index < -0.39 is 10.0 Å². The van der Waals surface area contributed by atoms with Crippen LogP contribution in [0.15, 0.2) is 89.1 Å². The van der Waals surface area contributed by atoms with Gasteiger partial charge in [-0.15, -0.1) is 11.3 Å². The van der Waals surface area contributed by atoms with Gasteiger partial charge in [0.05, 0.1) is 29.1 Å². The fraction of sp³-hybridized carbons (Fsp3) is 0.133. The van der Waals surface area contributed by atoms with Crippen LogP contribution in [0.25, 0.3) is 33.3 Å². The minimum atomic E-state index is -4.09. The van der Waals surface area contributed by atoms with Crippen molar-refractivity contribution in [2.24, 2.45) is 5.92 Å². The topological polar surface area (TPSA) is 89.2 Å². The van der Waals surface area contributed by atoms with Crippen molar-refractivity contribution < 1.29 is 17.9 Å². The first-order chi connectivity index (χ1) is 18.8. The number of nitrogens with zero attached hydrogens (tertiary/aromatic N) is 2. The summed E-state index contributed by atoms with van der Waals surface area (Å²) >= 11 is 7.38. The summed E-state index contributed by atoms with van der Waals surface area (Å²) in [7, 11) is -2.71. The van der Waals surface area contributed by atoms with Gasteiger partial charge in [-0.05, 0) is 65.7 Å². The van der Waals surface area contributed by atoms with Crippen LogP contribution in [0.3, 0.4) is 0 Å². The van der Waals surface area contributed by atoms with Crippen molar-refractivity contribution >= 4 is 49.8 Å². The Bertz CT molecular complexity index is 1900. The van der Waals surface area contributed by atoms with E-state index in [1.807, 2.05) is 47.8 Å². The van der Waals surface area contributed by atoms with E-state index in [9.17, 15) is 18.5 Å². The molecule has 1 saturated carbocycles. The molecule has 0 N–H and O–H groups in total. The number of carbonyl (C=O) groups is 1. The van der Waals surface area contributed by atoms with Crippen molar-refractivity contribution in [1.29, 1.82) is 5.26 Å². The smallest absolute Gasteiger partial charge is 0.309 e. The van der Waals surface area contributed by atoms with E-state index in [2.05, 4.69) is 6.07 Å². The Morgan fingerprint density at radius 1 is 1.08 bits per heavy atom. The number of thiophene rings is 1. The lowest BCUT2D eigenvalue weighted by Gasteiger charge is -2.15. The zero-order valence-electron chi connectivity index (χ0n) is 20.7. The molecule has 0 amide bonds. The first-order valence-corrected chi connectivity index (χ1v) is 14.9. The SMILES string of the molecule is COC(=O)C1CC1c1cccc(-c2c(-c3ccsc3C#N)c3ccccc3n2S(=O)(=O)c2ccc(Cl)cc2)c1. The van der Waals surface area contributed by atoms with Gasteiger partial charge in [0.15, 0.2) is 0 Å². The van der Waals surface area contributed by atoms with Crippen LogP contribution in [-0.4, -0.2) is 25.5 Å². The molecule has 2 aromatic heterocycles. The molecule has 1 aliphatic carbocycles. The van der Waals surface area contributed by atoms with E-state index in [4.69, 9.17) is 16.3 Å². The van der Waals surface area contributed by atoms with Crippen LogP contribution in [0, 0.1) is 17.2 Å². The molecule has 0 aliphatic heterocycles. The number of rotatable bonds is 6. The quantitative estimate of drug-likeness (QED) is 0.203. The Balaban J connectivity index is 1.67. The molecule has 5 aromatic rings. The number of para-hydroxylation sites is 1. The molecule has 2 heterocycles. The number of esters is 1. The fourth-order valence-electron chi connectivity index (χ4n) is 5.19. The van der Waals surface area contributed by atoms with E-state index in [1.54, 1.807) is 24.3 Å². The second-order valence-corrected chi connectivity index (χ2v) is 12.5. The number of aromatic nitrogens is 1. The van der Waals surface area contributed by atoms with E-state index in [-0.39, 0.29) is 22.7 Å². The molecule has 0 radical (unpaired) electrons. The number of benzene rings is 3.